The lowest BCUT2D eigenvalue weighted by molar-refractivity contribution is 0.249. The number of hydrazone groups is 1. The van der Waals surface area contributed by atoms with E-state index < -0.39 is 6.03 Å². The van der Waals surface area contributed by atoms with Gasteiger partial charge in [-0.15, -0.1) is 0 Å². The maximum absolute atomic E-state index is 10.2. The smallest absolute Gasteiger partial charge is 0.332 e. The summed E-state index contributed by atoms with van der Waals surface area (Å²) < 4.78 is 0. The van der Waals surface area contributed by atoms with E-state index in [-0.39, 0.29) is 0 Å². The Morgan fingerprint density at radius 3 is 3.18 bits per heavy atom. The minimum absolute atomic E-state index is 0.506. The molecule has 0 bridgehead atoms. The van der Waals surface area contributed by atoms with Crippen molar-refractivity contribution >= 4 is 24.0 Å². The number of nitrogens with one attached hydrogen (secondary N) is 1. The molecule has 5 heteroatoms. The lowest BCUT2D eigenvalue weighted by atomic mass is 10.1. The second kappa shape index (κ2) is 4.23. The van der Waals surface area contributed by atoms with E-state index in [1.807, 2.05) is 11.8 Å². The Kier molecular flexibility index (Phi) is 3.22. The first-order valence-corrected chi connectivity index (χ1v) is 4.61. The van der Waals surface area contributed by atoms with Crippen molar-refractivity contribution in [1.82, 2.24) is 5.43 Å². The number of amides is 2. The zero-order valence-electron chi connectivity index (χ0n) is 6.12. The highest BCUT2D eigenvalue weighted by Gasteiger charge is 2.12. The van der Waals surface area contributed by atoms with Crippen LogP contribution in [0, 0.1) is 5.92 Å². The number of carbonyl (C=O) groups excluding carboxylic acids is 1. The second-order valence-corrected chi connectivity index (χ2v) is 3.53. The average molecular weight is 173 g/mol. The van der Waals surface area contributed by atoms with Crippen molar-refractivity contribution in [2.45, 2.75) is 6.42 Å². The summed E-state index contributed by atoms with van der Waals surface area (Å²) in [5, 5.41) is 3.69. The Hall–Kier alpha value is -0.710. The van der Waals surface area contributed by atoms with Gasteiger partial charge in [0.2, 0.25) is 0 Å². The number of hydrogen-bond donors (Lipinski definition) is 2. The van der Waals surface area contributed by atoms with Crippen molar-refractivity contribution < 1.29 is 4.79 Å². The van der Waals surface area contributed by atoms with E-state index in [1.165, 1.54) is 5.75 Å². The van der Waals surface area contributed by atoms with Crippen LogP contribution >= 0.6 is 11.8 Å². The van der Waals surface area contributed by atoms with Gasteiger partial charge in [0.15, 0.2) is 0 Å². The van der Waals surface area contributed by atoms with Crippen molar-refractivity contribution in [1.29, 1.82) is 0 Å². The Balaban J connectivity index is 2.17. The Bertz CT molecular complexity index is 165. The normalized spacial score (nSPS) is 24.2. The highest BCUT2D eigenvalue weighted by Crippen LogP contribution is 2.21. The maximum atomic E-state index is 10.2. The lowest BCUT2D eigenvalue weighted by Gasteiger charge is -1.97. The van der Waals surface area contributed by atoms with Crippen LogP contribution in [-0.2, 0) is 0 Å². The molecule has 0 aromatic carbocycles. The van der Waals surface area contributed by atoms with Gasteiger partial charge in [-0.25, -0.2) is 10.2 Å². The van der Waals surface area contributed by atoms with Crippen LogP contribution in [0.25, 0.3) is 0 Å². The summed E-state index contributed by atoms with van der Waals surface area (Å²) in [5.74, 6) is 2.80. The number of carbonyl (C=O) groups is 1. The molecule has 0 aromatic heterocycles. The van der Waals surface area contributed by atoms with Gasteiger partial charge in [0.1, 0.15) is 0 Å². The summed E-state index contributed by atoms with van der Waals surface area (Å²) in [6.07, 6.45) is 2.90. The van der Waals surface area contributed by atoms with E-state index in [0.717, 1.165) is 12.2 Å². The summed E-state index contributed by atoms with van der Waals surface area (Å²) in [6, 6.07) is -0.605. The average Bonchev–Trinajstić information content (AvgIpc) is 2.39. The first kappa shape index (κ1) is 8.39. The fourth-order valence-corrected chi connectivity index (χ4v) is 2.07. The van der Waals surface area contributed by atoms with Crippen LogP contribution in [0.3, 0.4) is 0 Å². The minimum Gasteiger partial charge on any atom is -0.350 e. The number of nitrogens with two attached hydrogens (primary N) is 1. The number of primary amides is 1. The fourth-order valence-electron chi connectivity index (χ4n) is 0.877. The summed E-state index contributed by atoms with van der Waals surface area (Å²) >= 11 is 1.91. The standard InChI is InChI=1S/C6H11N3OS/c7-6(10)9-8-3-5-1-2-11-4-5/h3,5H,1-2,4H2,(H3,7,9,10). The molecule has 1 atom stereocenters. The lowest BCUT2D eigenvalue weighted by Crippen LogP contribution is -2.24. The highest BCUT2D eigenvalue weighted by atomic mass is 32.2. The van der Waals surface area contributed by atoms with Gasteiger partial charge in [-0.05, 0) is 12.2 Å². The third-order valence-corrected chi connectivity index (χ3v) is 2.61. The van der Waals surface area contributed by atoms with E-state index in [0.29, 0.717) is 5.92 Å². The molecule has 1 aliphatic rings. The van der Waals surface area contributed by atoms with Gasteiger partial charge in [-0.1, -0.05) is 0 Å². The molecule has 0 saturated carbocycles. The third-order valence-electron chi connectivity index (χ3n) is 1.43. The van der Waals surface area contributed by atoms with E-state index in [9.17, 15) is 4.79 Å². The molecule has 0 aromatic rings. The molecule has 3 N–H and O–H groups in total. The van der Waals surface area contributed by atoms with Gasteiger partial charge in [-0.2, -0.15) is 16.9 Å². The first-order chi connectivity index (χ1) is 5.29. The zero-order chi connectivity index (χ0) is 8.10. The number of rotatable bonds is 2. The quantitative estimate of drug-likeness (QED) is 0.468. The predicted octanol–water partition coefficient (Wildman–Crippen LogP) is 0.394. The maximum Gasteiger partial charge on any atom is 0.332 e. The van der Waals surface area contributed by atoms with Gasteiger partial charge >= 0.3 is 6.03 Å². The molecule has 1 fully saturated rings. The monoisotopic (exact) mass is 173 g/mol. The van der Waals surface area contributed by atoms with E-state index in [1.54, 1.807) is 6.21 Å². The van der Waals surface area contributed by atoms with Crippen molar-refractivity contribution in [3.63, 3.8) is 0 Å². The summed E-state index contributed by atoms with van der Waals surface area (Å²) in [6.45, 7) is 0. The molecule has 1 heterocycles. The van der Waals surface area contributed by atoms with Gasteiger partial charge in [-0.3, -0.25) is 0 Å². The van der Waals surface area contributed by atoms with Crippen molar-refractivity contribution in [3.8, 4) is 0 Å². The van der Waals surface area contributed by atoms with Gasteiger partial charge in [0, 0.05) is 17.9 Å². The Morgan fingerprint density at radius 2 is 2.64 bits per heavy atom. The summed E-state index contributed by atoms with van der Waals surface area (Å²) in [4.78, 5) is 10.2. The topological polar surface area (TPSA) is 67.5 Å². The van der Waals surface area contributed by atoms with Gasteiger partial charge in [0.05, 0.1) is 0 Å². The van der Waals surface area contributed by atoms with Crippen LogP contribution in [0.15, 0.2) is 5.10 Å². The van der Waals surface area contributed by atoms with Gasteiger partial charge in [0.25, 0.3) is 0 Å². The SMILES string of the molecule is NC(=O)NN=CC1CCSC1. The van der Waals surface area contributed by atoms with Crippen molar-refractivity contribution in [2.75, 3.05) is 11.5 Å². The molecular formula is C6H11N3OS. The van der Waals surface area contributed by atoms with E-state index in [2.05, 4.69) is 10.5 Å². The molecule has 1 aliphatic heterocycles. The second-order valence-electron chi connectivity index (χ2n) is 2.38. The molecule has 2 amide bonds. The Morgan fingerprint density at radius 1 is 1.82 bits per heavy atom. The summed E-state index contributed by atoms with van der Waals surface area (Å²) in [5.41, 5.74) is 6.98. The van der Waals surface area contributed by atoms with Crippen molar-refractivity contribution in [2.24, 2.45) is 16.8 Å². The Labute approximate surface area is 69.6 Å². The number of urea groups is 1. The van der Waals surface area contributed by atoms with Gasteiger partial charge < -0.3 is 5.73 Å². The minimum atomic E-state index is -0.605. The molecule has 0 aliphatic carbocycles. The number of hydrogen-bond acceptors (Lipinski definition) is 3. The van der Waals surface area contributed by atoms with Crippen LogP contribution in [0.5, 0.6) is 0 Å². The highest BCUT2D eigenvalue weighted by molar-refractivity contribution is 7.99. The number of thioether (sulfide) groups is 1. The molecule has 1 saturated heterocycles. The fraction of sp³-hybridized carbons (Fsp3) is 0.667. The molecule has 0 spiro atoms. The summed E-state index contributed by atoms with van der Waals surface area (Å²) in [7, 11) is 0. The molecule has 1 rings (SSSR count). The molecule has 4 nitrogen and oxygen atoms in total. The van der Waals surface area contributed by atoms with Crippen LogP contribution in [-0.4, -0.2) is 23.8 Å². The number of nitrogens with zero attached hydrogens (tertiary/aromatic N) is 1. The molecule has 0 radical (unpaired) electrons. The molecule has 1 unspecified atom stereocenters. The molecular weight excluding hydrogens is 162 g/mol. The largest absolute Gasteiger partial charge is 0.350 e. The van der Waals surface area contributed by atoms with Crippen LogP contribution in [0.1, 0.15) is 6.42 Å². The molecule has 11 heavy (non-hydrogen) atoms. The van der Waals surface area contributed by atoms with Crippen LogP contribution < -0.4 is 11.2 Å². The zero-order valence-corrected chi connectivity index (χ0v) is 6.93. The third kappa shape index (κ3) is 3.27. The van der Waals surface area contributed by atoms with E-state index in [4.69, 9.17) is 5.73 Å². The molecule has 62 valence electrons. The first-order valence-electron chi connectivity index (χ1n) is 3.45. The van der Waals surface area contributed by atoms with Crippen molar-refractivity contribution in [3.05, 3.63) is 0 Å². The van der Waals surface area contributed by atoms with E-state index >= 15 is 0 Å². The van der Waals surface area contributed by atoms with Crippen LogP contribution in [0.2, 0.25) is 0 Å². The van der Waals surface area contributed by atoms with Crippen LogP contribution in [0.4, 0.5) is 4.79 Å². The predicted molar refractivity (Wildman–Crippen MR) is 46.6 cm³/mol.